The molecule has 1 rings (SSSR count). The van der Waals surface area contributed by atoms with Gasteiger partial charge in [-0.15, -0.1) is 0 Å². The second-order valence-corrected chi connectivity index (χ2v) is 6.21. The molecule has 0 fully saturated rings. The number of nitrogens with one attached hydrogen (secondary N) is 1. The van der Waals surface area contributed by atoms with Gasteiger partial charge in [0.25, 0.3) is 0 Å². The summed E-state index contributed by atoms with van der Waals surface area (Å²) in [7, 11) is 1.46. The highest BCUT2D eigenvalue weighted by Gasteiger charge is 2.25. The van der Waals surface area contributed by atoms with Crippen molar-refractivity contribution in [2.75, 3.05) is 13.7 Å². The van der Waals surface area contributed by atoms with Crippen LogP contribution in [-0.4, -0.2) is 24.9 Å². The second-order valence-electron chi connectivity index (χ2n) is 6.21. The fraction of sp³-hybridized carbons (Fsp3) is 0.625. The third-order valence-corrected chi connectivity index (χ3v) is 3.59. The lowest BCUT2D eigenvalue weighted by Crippen LogP contribution is -2.42. The van der Waals surface area contributed by atoms with Gasteiger partial charge in [-0.1, -0.05) is 26.8 Å². The van der Waals surface area contributed by atoms with E-state index in [1.54, 1.807) is 6.07 Å². The van der Waals surface area contributed by atoms with Gasteiger partial charge in [-0.2, -0.15) is 0 Å². The molecule has 2 unspecified atom stereocenters. The Morgan fingerprint density at radius 1 is 1.35 bits per heavy atom. The largest absolute Gasteiger partial charge is 0.494 e. The summed E-state index contributed by atoms with van der Waals surface area (Å²) in [6, 6.07) is 5.16. The smallest absolute Gasteiger partial charge is 0.165 e. The van der Waals surface area contributed by atoms with E-state index in [0.717, 1.165) is 5.56 Å². The molecule has 0 saturated carbocycles. The molecule has 1 aromatic rings. The minimum Gasteiger partial charge on any atom is -0.494 e. The van der Waals surface area contributed by atoms with E-state index in [1.807, 2.05) is 13.0 Å². The number of hydrogen-bond acceptors (Lipinski definition) is 3. The summed E-state index contributed by atoms with van der Waals surface area (Å²) >= 11 is 0. The third kappa shape index (κ3) is 4.46. The van der Waals surface area contributed by atoms with E-state index in [1.165, 1.54) is 13.2 Å². The van der Waals surface area contributed by atoms with Crippen LogP contribution in [0.3, 0.4) is 0 Å². The number of aliphatic hydroxyl groups excluding tert-OH is 1. The maximum absolute atomic E-state index is 13.7. The molecule has 114 valence electrons. The Kier molecular flexibility index (Phi) is 5.96. The van der Waals surface area contributed by atoms with Crippen LogP contribution >= 0.6 is 0 Å². The Balaban J connectivity index is 2.83. The standard InChI is InChI=1S/C16H26FNO2/c1-11(18-15(8-9-19)16(2,3)4)12-6-7-14(20-5)13(17)10-12/h6-7,10-11,15,18-19H,8-9H2,1-5H3. The summed E-state index contributed by atoms with van der Waals surface area (Å²) in [5.74, 6) is -0.100. The van der Waals surface area contributed by atoms with Crippen molar-refractivity contribution < 1.29 is 14.2 Å². The monoisotopic (exact) mass is 283 g/mol. The van der Waals surface area contributed by atoms with Crippen LogP contribution in [0.25, 0.3) is 0 Å². The maximum atomic E-state index is 13.7. The molecule has 3 nitrogen and oxygen atoms in total. The predicted octanol–water partition coefficient (Wildman–Crippen LogP) is 3.28. The molecule has 1 aromatic carbocycles. The topological polar surface area (TPSA) is 41.5 Å². The van der Waals surface area contributed by atoms with Crippen LogP contribution in [0.15, 0.2) is 18.2 Å². The first kappa shape index (κ1) is 16.9. The van der Waals surface area contributed by atoms with Gasteiger partial charge in [0, 0.05) is 18.7 Å². The van der Waals surface area contributed by atoms with Crippen molar-refractivity contribution in [1.29, 1.82) is 0 Å². The van der Waals surface area contributed by atoms with Crippen LogP contribution < -0.4 is 10.1 Å². The summed E-state index contributed by atoms with van der Waals surface area (Å²) in [5.41, 5.74) is 0.901. The van der Waals surface area contributed by atoms with Crippen LogP contribution in [-0.2, 0) is 0 Å². The molecule has 0 amide bonds. The van der Waals surface area contributed by atoms with Gasteiger partial charge >= 0.3 is 0 Å². The molecule has 0 spiro atoms. The molecule has 2 N–H and O–H groups in total. The Hall–Kier alpha value is -1.13. The number of benzene rings is 1. The average molecular weight is 283 g/mol. The summed E-state index contributed by atoms with van der Waals surface area (Å²) in [5, 5.41) is 12.7. The molecule has 20 heavy (non-hydrogen) atoms. The first-order chi connectivity index (χ1) is 9.29. The Bertz CT molecular complexity index is 429. The highest BCUT2D eigenvalue weighted by atomic mass is 19.1. The number of ether oxygens (including phenoxy) is 1. The molecule has 0 radical (unpaired) electrons. The summed E-state index contributed by atoms with van der Waals surface area (Å²) in [4.78, 5) is 0. The number of aliphatic hydroxyl groups is 1. The zero-order valence-corrected chi connectivity index (χ0v) is 13.0. The minimum absolute atomic E-state index is 0.00572. The zero-order valence-electron chi connectivity index (χ0n) is 13.0. The van der Waals surface area contributed by atoms with Crippen molar-refractivity contribution in [3.63, 3.8) is 0 Å². The second kappa shape index (κ2) is 7.04. The highest BCUT2D eigenvalue weighted by Crippen LogP contribution is 2.26. The lowest BCUT2D eigenvalue weighted by atomic mass is 9.84. The first-order valence-electron chi connectivity index (χ1n) is 7.00. The Labute approximate surface area is 121 Å². The lowest BCUT2D eigenvalue weighted by molar-refractivity contribution is 0.188. The Morgan fingerprint density at radius 2 is 2.00 bits per heavy atom. The van der Waals surface area contributed by atoms with Crippen LogP contribution in [0.4, 0.5) is 4.39 Å². The van der Waals surface area contributed by atoms with E-state index in [-0.39, 0.29) is 35.7 Å². The van der Waals surface area contributed by atoms with Gasteiger partial charge in [-0.05, 0) is 36.5 Å². The molecule has 0 aromatic heterocycles. The van der Waals surface area contributed by atoms with Crippen LogP contribution in [0.1, 0.15) is 45.7 Å². The van der Waals surface area contributed by atoms with Crippen molar-refractivity contribution in [1.82, 2.24) is 5.32 Å². The van der Waals surface area contributed by atoms with Gasteiger partial charge in [0.15, 0.2) is 11.6 Å². The van der Waals surface area contributed by atoms with Crippen molar-refractivity contribution in [2.45, 2.75) is 46.2 Å². The van der Waals surface area contributed by atoms with E-state index in [0.29, 0.717) is 6.42 Å². The molecule has 0 saturated heterocycles. The zero-order chi connectivity index (χ0) is 15.3. The fourth-order valence-electron chi connectivity index (χ4n) is 2.25. The first-order valence-corrected chi connectivity index (χ1v) is 7.00. The molecule has 0 aliphatic carbocycles. The molecular formula is C16H26FNO2. The van der Waals surface area contributed by atoms with Gasteiger partial charge < -0.3 is 15.2 Å². The van der Waals surface area contributed by atoms with Gasteiger partial charge in [0.2, 0.25) is 0 Å². The van der Waals surface area contributed by atoms with E-state index >= 15 is 0 Å². The van der Waals surface area contributed by atoms with Gasteiger partial charge in [-0.3, -0.25) is 0 Å². The van der Waals surface area contributed by atoms with E-state index < -0.39 is 0 Å². The summed E-state index contributed by atoms with van der Waals surface area (Å²) < 4.78 is 18.7. The molecule has 4 heteroatoms. The van der Waals surface area contributed by atoms with Gasteiger partial charge in [0.1, 0.15) is 0 Å². The molecule has 0 aliphatic rings. The summed E-state index contributed by atoms with van der Waals surface area (Å²) in [6.45, 7) is 8.51. The third-order valence-electron chi connectivity index (χ3n) is 3.59. The Morgan fingerprint density at radius 3 is 2.45 bits per heavy atom. The van der Waals surface area contributed by atoms with E-state index in [9.17, 15) is 9.50 Å². The molecule has 0 aliphatic heterocycles. The molecule has 2 atom stereocenters. The minimum atomic E-state index is -0.354. The van der Waals surface area contributed by atoms with Crippen molar-refractivity contribution >= 4 is 0 Å². The van der Waals surface area contributed by atoms with Crippen LogP contribution in [0.2, 0.25) is 0 Å². The highest BCUT2D eigenvalue weighted by molar-refractivity contribution is 5.30. The maximum Gasteiger partial charge on any atom is 0.165 e. The fourth-order valence-corrected chi connectivity index (χ4v) is 2.25. The van der Waals surface area contributed by atoms with E-state index in [2.05, 4.69) is 26.1 Å². The number of rotatable bonds is 6. The van der Waals surface area contributed by atoms with Crippen LogP contribution in [0, 0.1) is 11.2 Å². The number of methoxy groups -OCH3 is 1. The number of halogens is 1. The average Bonchev–Trinajstić information content (AvgIpc) is 2.36. The predicted molar refractivity (Wildman–Crippen MR) is 79.4 cm³/mol. The van der Waals surface area contributed by atoms with Crippen molar-refractivity contribution in [2.24, 2.45) is 5.41 Å². The molecular weight excluding hydrogens is 257 g/mol. The van der Waals surface area contributed by atoms with Crippen LogP contribution in [0.5, 0.6) is 5.75 Å². The van der Waals surface area contributed by atoms with Crippen molar-refractivity contribution in [3.05, 3.63) is 29.6 Å². The molecule has 0 bridgehead atoms. The lowest BCUT2D eigenvalue weighted by Gasteiger charge is -2.34. The normalized spacial score (nSPS) is 14.9. The quantitative estimate of drug-likeness (QED) is 0.842. The molecule has 0 heterocycles. The van der Waals surface area contributed by atoms with Gasteiger partial charge in [-0.25, -0.2) is 4.39 Å². The van der Waals surface area contributed by atoms with E-state index in [4.69, 9.17) is 4.74 Å². The SMILES string of the molecule is COc1ccc(C(C)NC(CCO)C(C)(C)C)cc1F. The summed E-state index contributed by atoms with van der Waals surface area (Å²) in [6.07, 6.45) is 0.673. The van der Waals surface area contributed by atoms with Crippen molar-refractivity contribution in [3.8, 4) is 5.75 Å². The van der Waals surface area contributed by atoms with Gasteiger partial charge in [0.05, 0.1) is 7.11 Å². The number of hydrogen-bond donors (Lipinski definition) is 2.